The quantitative estimate of drug-likeness (QED) is 0.619. The van der Waals surface area contributed by atoms with Gasteiger partial charge in [0.2, 0.25) is 0 Å². The Labute approximate surface area is 179 Å². The molecule has 2 aromatic heterocycles. The first-order valence-corrected chi connectivity index (χ1v) is 11.2. The van der Waals surface area contributed by atoms with Gasteiger partial charge in [-0.2, -0.15) is 5.10 Å². The minimum atomic E-state index is -0.0270. The average Bonchev–Trinajstić information content (AvgIpc) is 3.03. The van der Waals surface area contributed by atoms with E-state index in [1.54, 1.807) is 23.1 Å². The van der Waals surface area contributed by atoms with Gasteiger partial charge in [-0.25, -0.2) is 5.48 Å². The number of hydrogen-bond donors (Lipinski definition) is 1. The van der Waals surface area contributed by atoms with Crippen molar-refractivity contribution < 1.29 is 4.84 Å². The van der Waals surface area contributed by atoms with E-state index >= 15 is 0 Å². The number of hydroxylamine groups is 1. The molecule has 4 rings (SSSR count). The topological polar surface area (TPSA) is 59.4 Å². The number of nitrogens with one attached hydrogen (secondary N) is 1. The zero-order chi connectivity index (χ0) is 20.5. The van der Waals surface area contributed by atoms with Crippen molar-refractivity contribution in [1.82, 2.24) is 15.7 Å². The van der Waals surface area contributed by atoms with Gasteiger partial charge in [0.15, 0.2) is 5.84 Å². The lowest BCUT2D eigenvalue weighted by atomic mass is 10.1. The van der Waals surface area contributed by atoms with Gasteiger partial charge in [-0.3, -0.25) is 9.83 Å². The summed E-state index contributed by atoms with van der Waals surface area (Å²) in [6, 6.07) is 10.6. The second kappa shape index (κ2) is 8.26. The fourth-order valence-electron chi connectivity index (χ4n) is 3.39. The number of aliphatic imine (C=N–C) groups is 1. The summed E-state index contributed by atoms with van der Waals surface area (Å²) in [5.41, 5.74) is 8.39. The lowest BCUT2D eigenvalue weighted by Crippen LogP contribution is -2.34. The third kappa shape index (κ3) is 4.22. The molecule has 0 unspecified atom stereocenters. The molecule has 0 radical (unpaired) electrons. The van der Waals surface area contributed by atoms with Crippen LogP contribution < -0.4 is 5.48 Å². The lowest BCUT2D eigenvalue weighted by molar-refractivity contribution is 0.0620. The SMILES string of the molecule is Cc1cccc(Sc2nnc(C)c(C)c2C2=N[C@@H](c3cc(C)sc3C)CON2)c1. The Balaban J connectivity index is 1.76. The van der Waals surface area contributed by atoms with Crippen LogP contribution in [0.4, 0.5) is 0 Å². The number of nitrogens with zero attached hydrogens (tertiary/aromatic N) is 3. The molecule has 29 heavy (non-hydrogen) atoms. The van der Waals surface area contributed by atoms with Crippen LogP contribution in [0.15, 0.2) is 45.2 Å². The molecule has 1 aromatic carbocycles. The standard InChI is InChI=1S/C22H24N4OS2/c1-12-7-6-8-17(9-12)29-22-20(14(3)15(4)24-25-22)21-23-19(11-27-26-21)18-10-13(2)28-16(18)5/h6-10,19H,11H2,1-5H3,(H,23,26)/t19-/m1/s1. The van der Waals surface area contributed by atoms with Gasteiger partial charge in [0.25, 0.3) is 0 Å². The Morgan fingerprint density at radius 1 is 1.10 bits per heavy atom. The first kappa shape index (κ1) is 20.1. The van der Waals surface area contributed by atoms with Crippen LogP contribution in [-0.4, -0.2) is 22.6 Å². The molecule has 7 heteroatoms. The van der Waals surface area contributed by atoms with E-state index in [1.807, 2.05) is 6.92 Å². The van der Waals surface area contributed by atoms with Crippen molar-refractivity contribution >= 4 is 28.9 Å². The van der Waals surface area contributed by atoms with Gasteiger partial charge < -0.3 is 0 Å². The minimum absolute atomic E-state index is 0.0270. The Kier molecular flexibility index (Phi) is 5.72. The molecule has 0 amide bonds. The Morgan fingerprint density at radius 2 is 1.93 bits per heavy atom. The maximum absolute atomic E-state index is 5.75. The molecular weight excluding hydrogens is 400 g/mol. The summed E-state index contributed by atoms with van der Waals surface area (Å²) in [5, 5.41) is 9.68. The van der Waals surface area contributed by atoms with Crippen molar-refractivity contribution in [1.29, 1.82) is 0 Å². The molecule has 5 nitrogen and oxygen atoms in total. The van der Waals surface area contributed by atoms with Crippen LogP contribution in [0.25, 0.3) is 0 Å². The van der Waals surface area contributed by atoms with Gasteiger partial charge >= 0.3 is 0 Å². The van der Waals surface area contributed by atoms with Crippen LogP contribution >= 0.6 is 23.1 Å². The van der Waals surface area contributed by atoms with Crippen molar-refractivity contribution in [3.63, 3.8) is 0 Å². The number of thiophene rings is 1. The van der Waals surface area contributed by atoms with Crippen LogP contribution in [0.5, 0.6) is 0 Å². The molecule has 3 aromatic rings. The van der Waals surface area contributed by atoms with Crippen molar-refractivity contribution in [2.75, 3.05) is 6.61 Å². The van der Waals surface area contributed by atoms with Gasteiger partial charge in [0, 0.05) is 14.6 Å². The fourth-order valence-corrected chi connectivity index (χ4v) is 5.42. The maximum Gasteiger partial charge on any atom is 0.156 e. The average molecular weight is 425 g/mol. The highest BCUT2D eigenvalue weighted by Crippen LogP contribution is 2.34. The van der Waals surface area contributed by atoms with Crippen LogP contribution in [0.3, 0.4) is 0 Å². The number of hydrogen-bond acceptors (Lipinski definition) is 7. The van der Waals surface area contributed by atoms with E-state index < -0.39 is 0 Å². The first-order chi connectivity index (χ1) is 13.9. The lowest BCUT2D eigenvalue weighted by Gasteiger charge is -2.24. The van der Waals surface area contributed by atoms with Crippen molar-refractivity contribution in [2.24, 2.45) is 4.99 Å². The Hall–Kier alpha value is -2.22. The molecule has 1 aliphatic heterocycles. The smallest absolute Gasteiger partial charge is 0.156 e. The maximum atomic E-state index is 5.75. The number of aryl methyl sites for hydroxylation is 4. The molecule has 1 N–H and O–H groups in total. The molecule has 0 bridgehead atoms. The Bertz CT molecular complexity index is 1090. The first-order valence-electron chi connectivity index (χ1n) is 9.53. The van der Waals surface area contributed by atoms with Gasteiger partial charge in [-0.1, -0.05) is 29.5 Å². The summed E-state index contributed by atoms with van der Waals surface area (Å²) in [4.78, 5) is 14.5. The van der Waals surface area contributed by atoms with E-state index in [0.717, 1.165) is 32.6 Å². The number of aromatic nitrogens is 2. The predicted octanol–water partition coefficient (Wildman–Crippen LogP) is 5.25. The molecule has 0 saturated heterocycles. The van der Waals surface area contributed by atoms with Gasteiger partial charge in [-0.05, 0) is 63.9 Å². The van der Waals surface area contributed by atoms with Crippen molar-refractivity contribution in [3.05, 3.63) is 68.0 Å². The summed E-state index contributed by atoms with van der Waals surface area (Å²) in [6.07, 6.45) is 0. The highest BCUT2D eigenvalue weighted by atomic mass is 32.2. The summed E-state index contributed by atoms with van der Waals surface area (Å²) in [5.74, 6) is 0.718. The fraction of sp³-hybridized carbons (Fsp3) is 0.318. The van der Waals surface area contributed by atoms with Gasteiger partial charge in [0.05, 0.1) is 11.3 Å². The molecule has 150 valence electrons. The normalized spacial score (nSPS) is 16.4. The molecule has 0 fully saturated rings. The molecule has 3 heterocycles. The van der Waals surface area contributed by atoms with Gasteiger partial charge in [0.1, 0.15) is 17.7 Å². The molecule has 0 spiro atoms. The van der Waals surface area contributed by atoms with E-state index in [2.05, 4.69) is 73.7 Å². The van der Waals surface area contributed by atoms with E-state index in [0.29, 0.717) is 6.61 Å². The van der Waals surface area contributed by atoms with Crippen molar-refractivity contribution in [2.45, 2.75) is 50.6 Å². The van der Waals surface area contributed by atoms with Crippen LogP contribution in [0.2, 0.25) is 0 Å². The largest absolute Gasteiger partial charge is 0.272 e. The third-order valence-electron chi connectivity index (χ3n) is 5.00. The minimum Gasteiger partial charge on any atom is -0.272 e. The van der Waals surface area contributed by atoms with E-state index in [1.165, 1.54) is 20.9 Å². The molecule has 1 atom stereocenters. The number of benzene rings is 1. The molecule has 0 aliphatic carbocycles. The summed E-state index contributed by atoms with van der Waals surface area (Å²) in [7, 11) is 0. The Morgan fingerprint density at radius 3 is 2.66 bits per heavy atom. The molecular formula is C22H24N4OS2. The van der Waals surface area contributed by atoms with Crippen LogP contribution in [0, 0.1) is 34.6 Å². The monoisotopic (exact) mass is 424 g/mol. The highest BCUT2D eigenvalue weighted by molar-refractivity contribution is 7.99. The van der Waals surface area contributed by atoms with Gasteiger partial charge in [-0.15, -0.1) is 16.4 Å². The molecule has 1 aliphatic rings. The summed E-state index contributed by atoms with van der Waals surface area (Å²) in [6.45, 7) is 10.9. The molecule has 0 saturated carbocycles. The highest BCUT2D eigenvalue weighted by Gasteiger charge is 2.25. The van der Waals surface area contributed by atoms with E-state index in [4.69, 9.17) is 9.83 Å². The zero-order valence-electron chi connectivity index (χ0n) is 17.2. The summed E-state index contributed by atoms with van der Waals surface area (Å²) < 4.78 is 0. The summed E-state index contributed by atoms with van der Waals surface area (Å²) >= 11 is 3.40. The van der Waals surface area contributed by atoms with E-state index in [9.17, 15) is 0 Å². The second-order valence-electron chi connectivity index (χ2n) is 7.28. The van der Waals surface area contributed by atoms with E-state index in [-0.39, 0.29) is 6.04 Å². The number of amidine groups is 1. The van der Waals surface area contributed by atoms with Crippen molar-refractivity contribution in [3.8, 4) is 0 Å². The van der Waals surface area contributed by atoms with Crippen LogP contribution in [-0.2, 0) is 4.84 Å². The predicted molar refractivity (Wildman–Crippen MR) is 119 cm³/mol. The third-order valence-corrected chi connectivity index (χ3v) is 6.95. The zero-order valence-corrected chi connectivity index (χ0v) is 18.9. The van der Waals surface area contributed by atoms with Crippen LogP contribution in [0.1, 0.15) is 43.7 Å². The number of rotatable bonds is 4. The second-order valence-corrected chi connectivity index (χ2v) is 9.81.